The third-order valence-corrected chi connectivity index (χ3v) is 2.23. The van der Waals surface area contributed by atoms with E-state index in [0.29, 0.717) is 6.42 Å². The van der Waals surface area contributed by atoms with Gasteiger partial charge in [0, 0.05) is 0 Å². The fourth-order valence-electron chi connectivity index (χ4n) is 1.23. The Morgan fingerprint density at radius 3 is 2.08 bits per heavy atom. The molecule has 0 aliphatic heterocycles. The third-order valence-electron chi connectivity index (χ3n) is 2.23. The van der Waals surface area contributed by atoms with Crippen LogP contribution in [0.25, 0.3) is 0 Å². The van der Waals surface area contributed by atoms with Crippen molar-refractivity contribution in [2.45, 2.75) is 32.9 Å². The average molecular weight is 183 g/mol. The van der Waals surface area contributed by atoms with Crippen molar-refractivity contribution in [1.29, 1.82) is 0 Å². The highest BCUT2D eigenvalue weighted by molar-refractivity contribution is 4.73. The van der Waals surface area contributed by atoms with E-state index in [-0.39, 0.29) is 18.9 Å². The van der Waals surface area contributed by atoms with Gasteiger partial charge in [0.15, 0.2) is 0 Å². The molecule has 0 spiro atoms. The predicted octanol–water partition coefficient (Wildman–Crippen LogP) is 2.56. The Balaban J connectivity index is 4.22. The molecule has 4 heteroatoms. The van der Waals surface area contributed by atoms with Crippen molar-refractivity contribution < 1.29 is 13.2 Å². The fraction of sp³-hybridized carbons (Fsp3) is 1.00. The maximum atomic E-state index is 12.3. The Bertz CT molecular complexity index is 122. The van der Waals surface area contributed by atoms with Gasteiger partial charge in [0.05, 0.1) is 5.92 Å². The van der Waals surface area contributed by atoms with Crippen LogP contribution in [-0.2, 0) is 0 Å². The van der Waals surface area contributed by atoms with Crippen LogP contribution >= 0.6 is 0 Å². The number of nitrogens with two attached hydrogens (primary N) is 1. The zero-order chi connectivity index (χ0) is 9.78. The number of halogens is 3. The van der Waals surface area contributed by atoms with Crippen LogP contribution in [0.15, 0.2) is 0 Å². The van der Waals surface area contributed by atoms with Crippen LogP contribution in [0.1, 0.15) is 26.7 Å². The molecule has 0 fully saturated rings. The highest BCUT2D eigenvalue weighted by atomic mass is 19.4. The van der Waals surface area contributed by atoms with Gasteiger partial charge in [0.2, 0.25) is 0 Å². The molecule has 0 radical (unpaired) electrons. The SMILES string of the molecule is CCC(C)C(CCN)C(F)(F)F. The van der Waals surface area contributed by atoms with Crippen molar-refractivity contribution >= 4 is 0 Å². The van der Waals surface area contributed by atoms with Crippen LogP contribution in [0, 0.1) is 11.8 Å². The first-order valence-electron chi connectivity index (χ1n) is 4.20. The standard InChI is InChI=1S/C8H16F3N/c1-3-6(2)7(4-5-12)8(9,10)11/h6-7H,3-5,12H2,1-2H3. The van der Waals surface area contributed by atoms with Crippen molar-refractivity contribution in [2.24, 2.45) is 17.6 Å². The first-order valence-corrected chi connectivity index (χ1v) is 4.20. The molecule has 2 unspecified atom stereocenters. The van der Waals surface area contributed by atoms with Crippen molar-refractivity contribution in [3.8, 4) is 0 Å². The minimum atomic E-state index is -4.09. The van der Waals surface area contributed by atoms with Gasteiger partial charge in [-0.15, -0.1) is 0 Å². The Kier molecular flexibility index (Phi) is 4.60. The van der Waals surface area contributed by atoms with Gasteiger partial charge in [0.1, 0.15) is 0 Å². The van der Waals surface area contributed by atoms with Gasteiger partial charge in [-0.3, -0.25) is 0 Å². The molecule has 0 rings (SSSR count). The largest absolute Gasteiger partial charge is 0.392 e. The second-order valence-corrected chi connectivity index (χ2v) is 3.11. The van der Waals surface area contributed by atoms with E-state index >= 15 is 0 Å². The van der Waals surface area contributed by atoms with Gasteiger partial charge in [-0.2, -0.15) is 13.2 Å². The Labute approximate surface area is 71.1 Å². The summed E-state index contributed by atoms with van der Waals surface area (Å²) >= 11 is 0. The summed E-state index contributed by atoms with van der Waals surface area (Å²) in [5.74, 6) is -1.55. The zero-order valence-electron chi connectivity index (χ0n) is 7.49. The molecule has 0 saturated carbocycles. The number of hydrogen-bond acceptors (Lipinski definition) is 1. The first kappa shape index (κ1) is 11.8. The predicted molar refractivity (Wildman–Crippen MR) is 42.7 cm³/mol. The minimum Gasteiger partial charge on any atom is -0.330 e. The lowest BCUT2D eigenvalue weighted by atomic mass is 9.88. The molecule has 12 heavy (non-hydrogen) atoms. The molecule has 0 aromatic carbocycles. The molecule has 74 valence electrons. The molecule has 1 nitrogen and oxygen atoms in total. The van der Waals surface area contributed by atoms with Crippen LogP contribution in [-0.4, -0.2) is 12.7 Å². The molecule has 0 aromatic rings. The molecule has 0 saturated heterocycles. The van der Waals surface area contributed by atoms with Crippen molar-refractivity contribution in [3.05, 3.63) is 0 Å². The van der Waals surface area contributed by atoms with Gasteiger partial charge in [0.25, 0.3) is 0 Å². The average Bonchev–Trinajstić information content (AvgIpc) is 1.96. The summed E-state index contributed by atoms with van der Waals surface area (Å²) < 4.78 is 36.9. The minimum absolute atomic E-state index is 0.0402. The van der Waals surface area contributed by atoms with E-state index in [9.17, 15) is 13.2 Å². The number of rotatable bonds is 4. The van der Waals surface area contributed by atoms with Crippen LogP contribution in [0.5, 0.6) is 0 Å². The molecular formula is C8H16F3N. The molecule has 2 atom stereocenters. The quantitative estimate of drug-likeness (QED) is 0.712. The van der Waals surface area contributed by atoms with E-state index in [0.717, 1.165) is 0 Å². The maximum absolute atomic E-state index is 12.3. The summed E-state index contributed by atoms with van der Waals surface area (Å²) in [5, 5.41) is 0. The summed E-state index contributed by atoms with van der Waals surface area (Å²) in [4.78, 5) is 0. The molecule has 2 N–H and O–H groups in total. The monoisotopic (exact) mass is 183 g/mol. The molecule has 0 bridgehead atoms. The summed E-state index contributed by atoms with van der Waals surface area (Å²) in [7, 11) is 0. The lowest BCUT2D eigenvalue weighted by Gasteiger charge is -2.24. The Morgan fingerprint density at radius 2 is 1.83 bits per heavy atom. The second-order valence-electron chi connectivity index (χ2n) is 3.11. The summed E-state index contributed by atoms with van der Waals surface area (Å²) in [6.45, 7) is 3.49. The van der Waals surface area contributed by atoms with E-state index < -0.39 is 12.1 Å². The normalized spacial score (nSPS) is 17.5. The molecule has 0 aliphatic rings. The maximum Gasteiger partial charge on any atom is 0.392 e. The topological polar surface area (TPSA) is 26.0 Å². The van der Waals surface area contributed by atoms with Gasteiger partial charge in [-0.1, -0.05) is 20.3 Å². The molecule has 0 heterocycles. The van der Waals surface area contributed by atoms with E-state index in [2.05, 4.69) is 0 Å². The molecule has 0 amide bonds. The Hall–Kier alpha value is -0.250. The number of alkyl halides is 3. The van der Waals surface area contributed by atoms with Crippen LogP contribution in [0.2, 0.25) is 0 Å². The van der Waals surface area contributed by atoms with Crippen LogP contribution < -0.4 is 5.73 Å². The Morgan fingerprint density at radius 1 is 1.33 bits per heavy atom. The summed E-state index contributed by atoms with van der Waals surface area (Å²) in [6.07, 6.45) is -3.50. The van der Waals surface area contributed by atoms with Gasteiger partial charge >= 0.3 is 6.18 Å². The van der Waals surface area contributed by atoms with Gasteiger partial charge in [-0.25, -0.2) is 0 Å². The number of hydrogen-bond donors (Lipinski definition) is 1. The summed E-state index contributed by atoms with van der Waals surface area (Å²) in [5.41, 5.74) is 5.12. The van der Waals surface area contributed by atoms with Gasteiger partial charge < -0.3 is 5.73 Å². The highest BCUT2D eigenvalue weighted by Gasteiger charge is 2.41. The first-order chi connectivity index (χ1) is 5.43. The smallest absolute Gasteiger partial charge is 0.330 e. The van der Waals surface area contributed by atoms with Crippen molar-refractivity contribution in [3.63, 3.8) is 0 Å². The molecule has 0 aromatic heterocycles. The van der Waals surface area contributed by atoms with Crippen LogP contribution in [0.3, 0.4) is 0 Å². The highest BCUT2D eigenvalue weighted by Crippen LogP contribution is 2.35. The van der Waals surface area contributed by atoms with Crippen molar-refractivity contribution in [2.75, 3.05) is 6.54 Å². The van der Waals surface area contributed by atoms with E-state index in [1.807, 2.05) is 0 Å². The van der Waals surface area contributed by atoms with Crippen molar-refractivity contribution in [1.82, 2.24) is 0 Å². The zero-order valence-corrected chi connectivity index (χ0v) is 7.49. The lowest BCUT2D eigenvalue weighted by molar-refractivity contribution is -0.188. The molecular weight excluding hydrogens is 167 g/mol. The van der Waals surface area contributed by atoms with E-state index in [4.69, 9.17) is 5.73 Å². The van der Waals surface area contributed by atoms with E-state index in [1.54, 1.807) is 13.8 Å². The van der Waals surface area contributed by atoms with Crippen LogP contribution in [0.4, 0.5) is 13.2 Å². The summed E-state index contributed by atoms with van der Waals surface area (Å²) in [6, 6.07) is 0. The lowest BCUT2D eigenvalue weighted by Crippen LogP contribution is -2.30. The fourth-order valence-corrected chi connectivity index (χ4v) is 1.23. The second kappa shape index (κ2) is 4.70. The molecule has 0 aliphatic carbocycles. The third kappa shape index (κ3) is 3.43. The van der Waals surface area contributed by atoms with Gasteiger partial charge in [-0.05, 0) is 18.9 Å². The van der Waals surface area contributed by atoms with E-state index in [1.165, 1.54) is 0 Å².